The number of pyridine rings is 1. The molecule has 170 valence electrons. The highest BCUT2D eigenvalue weighted by Gasteiger charge is 2.30. The van der Waals surface area contributed by atoms with E-state index in [2.05, 4.69) is 20.6 Å². The number of rotatable bonds is 6. The van der Waals surface area contributed by atoms with E-state index in [0.717, 1.165) is 0 Å². The van der Waals surface area contributed by atoms with Crippen LogP contribution in [-0.2, 0) is 9.53 Å². The van der Waals surface area contributed by atoms with Crippen molar-refractivity contribution < 1.29 is 19.0 Å². The first-order valence-electron chi connectivity index (χ1n) is 9.78. The third kappa shape index (κ3) is 4.80. The van der Waals surface area contributed by atoms with Gasteiger partial charge in [0.05, 0.1) is 18.9 Å². The molecule has 3 rings (SSSR count). The number of nitrogens with two attached hydrogens (primary N) is 2. The quantitative estimate of drug-likeness (QED) is 0.282. The van der Waals surface area contributed by atoms with Gasteiger partial charge in [-0.25, -0.2) is 14.8 Å². The zero-order chi connectivity index (χ0) is 24.1. The Hall–Kier alpha value is -4.71. The number of aromatic nitrogens is 1. The van der Waals surface area contributed by atoms with Crippen molar-refractivity contribution in [3.8, 4) is 23.8 Å². The van der Waals surface area contributed by atoms with Crippen LogP contribution in [0.15, 0.2) is 23.2 Å². The number of ether oxygens (including phenoxy) is 3. The monoisotopic (exact) mass is 450 g/mol. The molecule has 1 aliphatic heterocycles. The van der Waals surface area contributed by atoms with Crippen LogP contribution in [0.4, 0.5) is 17.3 Å². The van der Waals surface area contributed by atoms with Crippen LogP contribution < -0.4 is 31.6 Å². The second-order valence-electron chi connectivity index (χ2n) is 7.14. The van der Waals surface area contributed by atoms with Gasteiger partial charge in [0.25, 0.3) is 0 Å². The van der Waals surface area contributed by atoms with Gasteiger partial charge >= 0.3 is 5.97 Å². The average Bonchev–Trinajstić information content (AvgIpc) is 2.77. The second-order valence-corrected chi connectivity index (χ2v) is 7.14. The van der Waals surface area contributed by atoms with E-state index in [0.29, 0.717) is 22.6 Å². The van der Waals surface area contributed by atoms with Gasteiger partial charge in [0.2, 0.25) is 5.96 Å². The summed E-state index contributed by atoms with van der Waals surface area (Å²) in [5, 5.41) is 23.7. The highest BCUT2D eigenvalue weighted by molar-refractivity contribution is 5.98. The third-order valence-corrected chi connectivity index (χ3v) is 4.57. The number of nitrogens with one attached hydrogen (secondary N) is 2. The maximum absolute atomic E-state index is 11.8. The van der Waals surface area contributed by atoms with Crippen molar-refractivity contribution in [3.05, 3.63) is 34.9 Å². The van der Waals surface area contributed by atoms with Gasteiger partial charge in [0, 0.05) is 5.56 Å². The van der Waals surface area contributed by atoms with E-state index in [-0.39, 0.29) is 41.6 Å². The van der Waals surface area contributed by atoms with E-state index < -0.39 is 12.0 Å². The first kappa shape index (κ1) is 23.0. The lowest BCUT2D eigenvalue weighted by Crippen LogP contribution is -2.32. The Labute approximate surface area is 189 Å². The van der Waals surface area contributed by atoms with Gasteiger partial charge in [-0.2, -0.15) is 10.5 Å². The minimum atomic E-state index is -0.744. The van der Waals surface area contributed by atoms with Gasteiger partial charge in [0.1, 0.15) is 29.3 Å². The molecule has 33 heavy (non-hydrogen) atoms. The Morgan fingerprint density at radius 2 is 2.06 bits per heavy atom. The van der Waals surface area contributed by atoms with Crippen molar-refractivity contribution in [2.24, 2.45) is 4.99 Å². The number of nitrogen functional groups attached to an aromatic ring is 2. The molecular formula is C21H22N8O4. The minimum absolute atomic E-state index is 0.0306. The minimum Gasteiger partial charge on any atom is -0.493 e. The fraction of sp³-hybridized carbons (Fsp3) is 0.286. The van der Waals surface area contributed by atoms with Crippen molar-refractivity contribution in [3.63, 3.8) is 0 Å². The lowest BCUT2D eigenvalue weighted by Gasteiger charge is -2.26. The maximum atomic E-state index is 11.8. The lowest BCUT2D eigenvalue weighted by atomic mass is 9.95. The largest absolute Gasteiger partial charge is 0.493 e. The molecule has 0 aliphatic carbocycles. The molecular weight excluding hydrogens is 428 g/mol. The summed E-state index contributed by atoms with van der Waals surface area (Å²) < 4.78 is 16.0. The van der Waals surface area contributed by atoms with Gasteiger partial charge in [-0.15, -0.1) is 0 Å². The Kier molecular flexibility index (Phi) is 6.69. The van der Waals surface area contributed by atoms with Crippen molar-refractivity contribution in [2.45, 2.75) is 26.0 Å². The van der Waals surface area contributed by atoms with Crippen molar-refractivity contribution in [2.75, 3.05) is 30.5 Å². The number of anilines is 3. The molecule has 1 aliphatic rings. The predicted octanol–water partition coefficient (Wildman–Crippen LogP) is 1.40. The summed E-state index contributed by atoms with van der Waals surface area (Å²) in [6.45, 7) is 3.19. The smallest absolute Gasteiger partial charge is 0.344 e. The summed E-state index contributed by atoms with van der Waals surface area (Å²) in [5.41, 5.74) is 13.3. The third-order valence-electron chi connectivity index (χ3n) is 4.57. The summed E-state index contributed by atoms with van der Waals surface area (Å²) >= 11 is 0. The number of methoxy groups -OCH3 is 1. The Morgan fingerprint density at radius 3 is 2.70 bits per heavy atom. The number of carbonyl (C=O) groups is 1. The summed E-state index contributed by atoms with van der Waals surface area (Å²) in [6.07, 6.45) is 1.53. The van der Waals surface area contributed by atoms with Crippen LogP contribution in [0.2, 0.25) is 0 Å². The number of aliphatic imine (C=N–C) groups is 1. The molecule has 1 unspecified atom stereocenters. The van der Waals surface area contributed by atoms with E-state index in [4.69, 9.17) is 30.9 Å². The van der Waals surface area contributed by atoms with Gasteiger partial charge in [-0.1, -0.05) is 6.07 Å². The molecule has 12 nitrogen and oxygen atoms in total. The number of carbonyl (C=O) groups excluding carboxylic acids is 1. The predicted molar refractivity (Wildman–Crippen MR) is 119 cm³/mol. The van der Waals surface area contributed by atoms with E-state index in [1.807, 2.05) is 6.07 Å². The molecule has 0 fully saturated rings. The molecule has 6 N–H and O–H groups in total. The summed E-state index contributed by atoms with van der Waals surface area (Å²) in [7, 11) is 1.45. The molecule has 0 saturated heterocycles. The zero-order valence-corrected chi connectivity index (χ0v) is 18.2. The number of benzene rings is 1. The van der Waals surface area contributed by atoms with E-state index in [1.165, 1.54) is 7.11 Å². The SMILES string of the molecule is COc1cc(C2N=C(NC#N)Nc3nc(N)c(C#N)c(N)c32)ccc1OCC(=O)OC(C)C. The molecule has 0 spiro atoms. The number of nitriles is 2. The van der Waals surface area contributed by atoms with E-state index in [1.54, 1.807) is 38.2 Å². The summed E-state index contributed by atoms with van der Waals surface area (Å²) in [4.78, 5) is 20.5. The van der Waals surface area contributed by atoms with E-state index in [9.17, 15) is 10.1 Å². The molecule has 0 amide bonds. The number of esters is 1. The number of guanidine groups is 1. The van der Waals surface area contributed by atoms with Gasteiger partial charge in [-0.05, 0) is 31.5 Å². The molecule has 0 radical (unpaired) electrons. The Balaban J connectivity index is 2.02. The highest BCUT2D eigenvalue weighted by atomic mass is 16.6. The molecule has 0 bridgehead atoms. The van der Waals surface area contributed by atoms with Crippen LogP contribution in [0.5, 0.6) is 11.5 Å². The molecule has 12 heteroatoms. The van der Waals surface area contributed by atoms with Gasteiger partial charge < -0.3 is 31.0 Å². The number of hydrogen-bond acceptors (Lipinski definition) is 12. The molecule has 2 heterocycles. The van der Waals surface area contributed by atoms with Crippen LogP contribution in [0.3, 0.4) is 0 Å². The normalized spacial score (nSPS) is 14.1. The first-order valence-corrected chi connectivity index (χ1v) is 9.78. The lowest BCUT2D eigenvalue weighted by molar-refractivity contribution is -0.149. The second kappa shape index (κ2) is 9.62. The molecule has 1 atom stereocenters. The van der Waals surface area contributed by atoms with Crippen LogP contribution in [0.25, 0.3) is 0 Å². The van der Waals surface area contributed by atoms with Gasteiger partial charge in [0.15, 0.2) is 24.3 Å². The van der Waals surface area contributed by atoms with Crippen molar-refractivity contribution in [1.29, 1.82) is 10.5 Å². The summed E-state index contributed by atoms with van der Waals surface area (Å²) in [6, 6.07) is 6.16. The van der Waals surface area contributed by atoms with E-state index >= 15 is 0 Å². The zero-order valence-electron chi connectivity index (χ0n) is 18.2. The fourth-order valence-electron chi connectivity index (χ4n) is 3.23. The standard InChI is InChI=1S/C21H22N8O4/c1-10(2)33-15(30)8-32-13-5-4-11(6-14(13)31-3)18-16-17(24)12(7-22)19(25)28-20(16)29-21(27-18)26-9-23/h4-6,10,18H,8H2,1-3H3,(H6,24,25,26,27,28,29). The molecule has 0 saturated carbocycles. The fourth-order valence-corrected chi connectivity index (χ4v) is 3.23. The molecule has 1 aromatic heterocycles. The first-order chi connectivity index (χ1) is 15.8. The topological polar surface area (TPSA) is 194 Å². The highest BCUT2D eigenvalue weighted by Crippen LogP contribution is 2.42. The molecule has 2 aromatic rings. The van der Waals surface area contributed by atoms with Crippen LogP contribution in [0, 0.1) is 22.8 Å². The van der Waals surface area contributed by atoms with Crippen LogP contribution >= 0.6 is 0 Å². The van der Waals surface area contributed by atoms with Gasteiger partial charge in [-0.3, -0.25) is 5.32 Å². The van der Waals surface area contributed by atoms with Crippen LogP contribution in [-0.4, -0.2) is 36.7 Å². The summed E-state index contributed by atoms with van der Waals surface area (Å²) in [5.74, 6) is 0.474. The molecule has 1 aromatic carbocycles. The maximum Gasteiger partial charge on any atom is 0.344 e. The van der Waals surface area contributed by atoms with Crippen molar-refractivity contribution in [1.82, 2.24) is 10.3 Å². The number of fused-ring (bicyclic) bond motifs is 1. The number of nitrogens with zero attached hydrogens (tertiary/aromatic N) is 4. The van der Waals surface area contributed by atoms with Crippen molar-refractivity contribution >= 4 is 29.3 Å². The average molecular weight is 450 g/mol. The van der Waals surface area contributed by atoms with Crippen LogP contribution in [0.1, 0.15) is 36.6 Å². The number of hydrogen-bond donors (Lipinski definition) is 4. The Morgan fingerprint density at radius 1 is 1.30 bits per heavy atom. The Bertz CT molecular complexity index is 1200.